The van der Waals surface area contributed by atoms with E-state index in [4.69, 9.17) is 0 Å². The van der Waals surface area contributed by atoms with Crippen LogP contribution in [0.25, 0.3) is 0 Å². The van der Waals surface area contributed by atoms with Gasteiger partial charge in [0.15, 0.2) is 0 Å². The van der Waals surface area contributed by atoms with Crippen LogP contribution in [0.4, 0.5) is 5.82 Å². The lowest BCUT2D eigenvalue weighted by atomic mass is 10.1. The Morgan fingerprint density at radius 1 is 1.17 bits per heavy atom. The van der Waals surface area contributed by atoms with Crippen LogP contribution < -0.4 is 5.32 Å². The summed E-state index contributed by atoms with van der Waals surface area (Å²) in [5.74, 6) is 0.827. The molecular weight excluding hydrogens is 150 g/mol. The van der Waals surface area contributed by atoms with Crippen LogP contribution in [-0.4, -0.2) is 15.7 Å². The molecule has 1 aromatic rings. The lowest BCUT2D eigenvalue weighted by Gasteiger charge is -2.20. The van der Waals surface area contributed by atoms with Gasteiger partial charge < -0.3 is 5.32 Å². The predicted octanol–water partition coefficient (Wildman–Crippen LogP) is 2.00. The van der Waals surface area contributed by atoms with Crippen molar-refractivity contribution in [3.63, 3.8) is 0 Å². The van der Waals surface area contributed by atoms with E-state index in [9.17, 15) is 0 Å². The normalized spacial score (nSPS) is 11.3. The lowest BCUT2D eigenvalue weighted by Crippen LogP contribution is -2.26. The van der Waals surface area contributed by atoms with Crippen molar-refractivity contribution < 1.29 is 0 Å². The van der Waals surface area contributed by atoms with Crippen LogP contribution in [0.2, 0.25) is 0 Å². The highest BCUT2D eigenvalue weighted by Gasteiger charge is 2.09. The summed E-state index contributed by atoms with van der Waals surface area (Å²) in [4.78, 5) is 0. The standard InChI is InChI=1S/C9H15N3/c1-7-5-6-8(12-11-7)10-9(2,3)4/h5-6H,1-4H3,(H,10,12). The minimum Gasteiger partial charge on any atom is -0.364 e. The van der Waals surface area contributed by atoms with Crippen LogP contribution in [0.3, 0.4) is 0 Å². The molecule has 0 spiro atoms. The molecule has 0 atom stereocenters. The Morgan fingerprint density at radius 3 is 2.25 bits per heavy atom. The molecule has 0 aromatic carbocycles. The molecule has 12 heavy (non-hydrogen) atoms. The molecule has 0 aliphatic heterocycles. The fourth-order valence-corrected chi connectivity index (χ4v) is 0.850. The molecule has 66 valence electrons. The maximum atomic E-state index is 4.00. The number of nitrogens with one attached hydrogen (secondary N) is 1. The molecule has 0 fully saturated rings. The van der Waals surface area contributed by atoms with Gasteiger partial charge in [-0.05, 0) is 39.8 Å². The first-order chi connectivity index (χ1) is 5.47. The Labute approximate surface area is 73.2 Å². The van der Waals surface area contributed by atoms with Crippen molar-refractivity contribution in [3.05, 3.63) is 17.8 Å². The van der Waals surface area contributed by atoms with E-state index >= 15 is 0 Å². The highest BCUT2D eigenvalue weighted by molar-refractivity contribution is 5.35. The van der Waals surface area contributed by atoms with E-state index in [1.165, 1.54) is 0 Å². The van der Waals surface area contributed by atoms with Crippen molar-refractivity contribution in [1.82, 2.24) is 10.2 Å². The average molecular weight is 165 g/mol. The number of hydrogen-bond donors (Lipinski definition) is 1. The Balaban J connectivity index is 2.71. The van der Waals surface area contributed by atoms with Gasteiger partial charge in [-0.15, -0.1) is 5.10 Å². The highest BCUT2D eigenvalue weighted by Crippen LogP contribution is 2.10. The molecule has 1 rings (SSSR count). The van der Waals surface area contributed by atoms with E-state index in [1.807, 2.05) is 19.1 Å². The first-order valence-corrected chi connectivity index (χ1v) is 4.06. The molecule has 0 aliphatic carbocycles. The van der Waals surface area contributed by atoms with Crippen molar-refractivity contribution in [2.45, 2.75) is 33.2 Å². The smallest absolute Gasteiger partial charge is 0.149 e. The van der Waals surface area contributed by atoms with Gasteiger partial charge in [-0.2, -0.15) is 5.10 Å². The van der Waals surface area contributed by atoms with Gasteiger partial charge in [-0.25, -0.2) is 0 Å². The third-order valence-corrected chi connectivity index (χ3v) is 1.30. The van der Waals surface area contributed by atoms with Gasteiger partial charge in [0.1, 0.15) is 5.82 Å². The summed E-state index contributed by atoms with van der Waals surface area (Å²) in [5, 5.41) is 11.2. The van der Waals surface area contributed by atoms with Gasteiger partial charge in [0.2, 0.25) is 0 Å². The van der Waals surface area contributed by atoms with Gasteiger partial charge >= 0.3 is 0 Å². The van der Waals surface area contributed by atoms with Crippen molar-refractivity contribution in [2.24, 2.45) is 0 Å². The van der Waals surface area contributed by atoms with Crippen molar-refractivity contribution >= 4 is 5.82 Å². The molecule has 1 aromatic heterocycles. The number of aromatic nitrogens is 2. The Bertz CT molecular complexity index is 245. The number of rotatable bonds is 1. The zero-order valence-electron chi connectivity index (χ0n) is 8.05. The third-order valence-electron chi connectivity index (χ3n) is 1.30. The summed E-state index contributed by atoms with van der Waals surface area (Å²) in [6, 6.07) is 3.88. The zero-order chi connectivity index (χ0) is 9.19. The SMILES string of the molecule is Cc1ccc(NC(C)(C)C)nn1. The zero-order valence-corrected chi connectivity index (χ0v) is 8.05. The van der Waals surface area contributed by atoms with Crippen LogP contribution in [0.5, 0.6) is 0 Å². The fourth-order valence-electron chi connectivity index (χ4n) is 0.850. The topological polar surface area (TPSA) is 37.8 Å². The van der Waals surface area contributed by atoms with Gasteiger partial charge in [0.05, 0.1) is 5.69 Å². The van der Waals surface area contributed by atoms with Crippen LogP contribution in [0.15, 0.2) is 12.1 Å². The van der Waals surface area contributed by atoms with Crippen LogP contribution in [-0.2, 0) is 0 Å². The molecule has 0 bridgehead atoms. The van der Waals surface area contributed by atoms with Gasteiger partial charge in [-0.3, -0.25) is 0 Å². The molecule has 3 heteroatoms. The number of hydrogen-bond acceptors (Lipinski definition) is 3. The molecule has 0 unspecified atom stereocenters. The summed E-state index contributed by atoms with van der Waals surface area (Å²) < 4.78 is 0. The minimum atomic E-state index is 0.0456. The number of nitrogens with zero attached hydrogens (tertiary/aromatic N) is 2. The van der Waals surface area contributed by atoms with Crippen LogP contribution >= 0.6 is 0 Å². The van der Waals surface area contributed by atoms with Crippen LogP contribution in [0, 0.1) is 6.92 Å². The van der Waals surface area contributed by atoms with Crippen molar-refractivity contribution in [1.29, 1.82) is 0 Å². The van der Waals surface area contributed by atoms with Crippen LogP contribution in [0.1, 0.15) is 26.5 Å². The molecule has 0 radical (unpaired) electrons. The first-order valence-electron chi connectivity index (χ1n) is 4.06. The average Bonchev–Trinajstić information content (AvgIpc) is 1.91. The second-order valence-corrected chi connectivity index (χ2v) is 3.93. The molecule has 1 heterocycles. The largest absolute Gasteiger partial charge is 0.364 e. The quantitative estimate of drug-likeness (QED) is 0.691. The van der Waals surface area contributed by atoms with E-state index in [0.717, 1.165) is 11.5 Å². The van der Waals surface area contributed by atoms with E-state index in [1.54, 1.807) is 0 Å². The molecule has 0 aliphatic rings. The monoisotopic (exact) mass is 165 g/mol. The van der Waals surface area contributed by atoms with E-state index < -0.39 is 0 Å². The second kappa shape index (κ2) is 3.09. The summed E-state index contributed by atoms with van der Waals surface area (Å²) in [7, 11) is 0. The van der Waals surface area contributed by atoms with Crippen molar-refractivity contribution in [2.75, 3.05) is 5.32 Å². The third kappa shape index (κ3) is 2.86. The summed E-state index contributed by atoms with van der Waals surface area (Å²) in [6.45, 7) is 8.20. The number of anilines is 1. The Hall–Kier alpha value is -1.12. The minimum absolute atomic E-state index is 0.0456. The maximum absolute atomic E-state index is 4.00. The summed E-state index contributed by atoms with van der Waals surface area (Å²) in [5.41, 5.74) is 0.985. The Morgan fingerprint density at radius 2 is 1.83 bits per heavy atom. The maximum Gasteiger partial charge on any atom is 0.149 e. The van der Waals surface area contributed by atoms with E-state index in [-0.39, 0.29) is 5.54 Å². The van der Waals surface area contributed by atoms with Crippen molar-refractivity contribution in [3.8, 4) is 0 Å². The molecule has 3 nitrogen and oxygen atoms in total. The molecule has 0 amide bonds. The van der Waals surface area contributed by atoms with Gasteiger partial charge in [-0.1, -0.05) is 0 Å². The summed E-state index contributed by atoms with van der Waals surface area (Å²) >= 11 is 0. The molecule has 0 saturated carbocycles. The second-order valence-electron chi connectivity index (χ2n) is 3.93. The molecule has 1 N–H and O–H groups in total. The molecular formula is C9H15N3. The van der Waals surface area contributed by atoms with E-state index in [0.29, 0.717) is 0 Å². The number of aryl methyl sites for hydroxylation is 1. The molecule has 0 saturated heterocycles. The van der Waals surface area contributed by atoms with Gasteiger partial charge in [0.25, 0.3) is 0 Å². The van der Waals surface area contributed by atoms with Gasteiger partial charge in [0, 0.05) is 5.54 Å². The highest BCUT2D eigenvalue weighted by atomic mass is 15.2. The predicted molar refractivity (Wildman–Crippen MR) is 50.1 cm³/mol. The first kappa shape index (κ1) is 8.97. The van der Waals surface area contributed by atoms with E-state index in [2.05, 4.69) is 36.3 Å². The Kier molecular flexibility index (Phi) is 2.31. The fraction of sp³-hybridized carbons (Fsp3) is 0.556. The summed E-state index contributed by atoms with van der Waals surface area (Å²) in [6.07, 6.45) is 0. The lowest BCUT2D eigenvalue weighted by molar-refractivity contribution is 0.628.